The Balaban J connectivity index is 1.61. The van der Waals surface area contributed by atoms with Crippen LogP contribution in [0.15, 0.2) is 18.2 Å². The maximum absolute atomic E-state index is 14.3. The van der Waals surface area contributed by atoms with Gasteiger partial charge in [0.05, 0.1) is 5.41 Å². The second-order valence-corrected chi connectivity index (χ2v) is 7.48. The van der Waals surface area contributed by atoms with Crippen molar-refractivity contribution in [1.82, 2.24) is 16.0 Å². The SMILES string of the molecule is O=C(CCl)NCc1ccc(CNC(=O)[C@@]23CCCC[C@@H]2NC(=O)C3)c(F)c1. The van der Waals surface area contributed by atoms with E-state index < -0.39 is 11.2 Å². The van der Waals surface area contributed by atoms with Gasteiger partial charge in [-0.05, 0) is 24.5 Å². The minimum atomic E-state index is -0.711. The highest BCUT2D eigenvalue weighted by Crippen LogP contribution is 2.43. The number of halogens is 2. The first-order valence-corrected chi connectivity index (χ1v) is 9.66. The lowest BCUT2D eigenvalue weighted by molar-refractivity contribution is -0.134. The Morgan fingerprint density at radius 3 is 2.81 bits per heavy atom. The van der Waals surface area contributed by atoms with Crippen LogP contribution in [0.1, 0.15) is 43.2 Å². The van der Waals surface area contributed by atoms with Gasteiger partial charge in [-0.3, -0.25) is 14.4 Å². The summed E-state index contributed by atoms with van der Waals surface area (Å²) in [6.45, 7) is 0.245. The molecule has 8 heteroatoms. The van der Waals surface area contributed by atoms with E-state index in [-0.39, 0.29) is 49.2 Å². The Morgan fingerprint density at radius 1 is 1.26 bits per heavy atom. The number of carbonyl (C=O) groups is 3. The number of hydrogen-bond acceptors (Lipinski definition) is 3. The summed E-state index contributed by atoms with van der Waals surface area (Å²) in [6.07, 6.45) is 3.58. The lowest BCUT2D eigenvalue weighted by Gasteiger charge is -2.36. The van der Waals surface area contributed by atoms with Crippen LogP contribution in [0.5, 0.6) is 0 Å². The summed E-state index contributed by atoms with van der Waals surface area (Å²) in [6, 6.07) is 4.49. The Morgan fingerprint density at radius 2 is 2.07 bits per heavy atom. The van der Waals surface area contributed by atoms with Crippen LogP contribution in [-0.2, 0) is 27.5 Å². The van der Waals surface area contributed by atoms with Crippen LogP contribution in [0.25, 0.3) is 0 Å². The molecule has 6 nitrogen and oxygen atoms in total. The van der Waals surface area contributed by atoms with E-state index >= 15 is 0 Å². The lowest BCUT2D eigenvalue weighted by Crippen LogP contribution is -2.50. The molecule has 1 aliphatic carbocycles. The van der Waals surface area contributed by atoms with Gasteiger partial charge in [-0.1, -0.05) is 25.0 Å². The first-order valence-electron chi connectivity index (χ1n) is 9.12. The van der Waals surface area contributed by atoms with Gasteiger partial charge in [0.15, 0.2) is 0 Å². The fourth-order valence-corrected chi connectivity index (χ4v) is 4.08. The van der Waals surface area contributed by atoms with Crippen molar-refractivity contribution in [2.24, 2.45) is 5.41 Å². The summed E-state index contributed by atoms with van der Waals surface area (Å²) in [5, 5.41) is 8.29. The number of alkyl halides is 1. The molecule has 1 saturated heterocycles. The molecule has 27 heavy (non-hydrogen) atoms. The summed E-state index contributed by atoms with van der Waals surface area (Å²) in [4.78, 5) is 35.8. The zero-order valence-corrected chi connectivity index (χ0v) is 15.7. The largest absolute Gasteiger partial charge is 0.352 e. The van der Waals surface area contributed by atoms with Gasteiger partial charge >= 0.3 is 0 Å². The molecule has 1 aliphatic heterocycles. The fourth-order valence-electron chi connectivity index (χ4n) is 3.99. The first kappa shape index (κ1) is 19.6. The van der Waals surface area contributed by atoms with Gasteiger partial charge in [0.2, 0.25) is 17.7 Å². The van der Waals surface area contributed by atoms with Gasteiger partial charge in [0.25, 0.3) is 0 Å². The van der Waals surface area contributed by atoms with Crippen LogP contribution in [0.4, 0.5) is 4.39 Å². The standard InChI is InChI=1S/C19H23ClFN3O3/c20-9-17(26)22-10-12-4-5-13(14(21)7-12)11-23-18(27)19-6-2-1-3-15(19)24-16(25)8-19/h4-5,7,15H,1-3,6,8-11H2,(H,22,26)(H,23,27)(H,24,25)/t15-,19+/m0/s1. The molecule has 2 fully saturated rings. The number of nitrogens with one attached hydrogen (secondary N) is 3. The van der Waals surface area contributed by atoms with Crippen molar-refractivity contribution in [3.05, 3.63) is 35.1 Å². The van der Waals surface area contributed by atoms with Crippen LogP contribution in [0.2, 0.25) is 0 Å². The summed E-state index contributed by atoms with van der Waals surface area (Å²) in [5.41, 5.74) is 0.256. The smallest absolute Gasteiger partial charge is 0.235 e. The number of amides is 3. The minimum absolute atomic E-state index is 0.0572. The average Bonchev–Trinajstić information content (AvgIpc) is 3.02. The molecular formula is C19H23ClFN3O3. The van der Waals surface area contributed by atoms with E-state index in [1.54, 1.807) is 12.1 Å². The topological polar surface area (TPSA) is 87.3 Å². The number of benzene rings is 1. The van der Waals surface area contributed by atoms with Crippen LogP contribution < -0.4 is 16.0 Å². The molecule has 1 saturated carbocycles. The summed E-state index contributed by atoms with van der Waals surface area (Å²) in [7, 11) is 0. The van der Waals surface area contributed by atoms with E-state index in [0.717, 1.165) is 19.3 Å². The highest BCUT2D eigenvalue weighted by molar-refractivity contribution is 6.27. The molecule has 146 valence electrons. The Labute approximate surface area is 162 Å². The third-order valence-corrected chi connectivity index (χ3v) is 5.71. The number of fused-ring (bicyclic) bond motifs is 1. The maximum atomic E-state index is 14.3. The first-order chi connectivity index (χ1) is 12.9. The second kappa shape index (κ2) is 8.25. The molecule has 0 bridgehead atoms. The summed E-state index contributed by atoms with van der Waals surface area (Å²) >= 11 is 5.40. The second-order valence-electron chi connectivity index (χ2n) is 7.22. The highest BCUT2D eigenvalue weighted by Gasteiger charge is 2.53. The van der Waals surface area contributed by atoms with Crippen molar-refractivity contribution in [1.29, 1.82) is 0 Å². The molecule has 1 aromatic carbocycles. The number of rotatable bonds is 6. The molecule has 0 aromatic heterocycles. The van der Waals surface area contributed by atoms with Crippen molar-refractivity contribution in [3.63, 3.8) is 0 Å². The third kappa shape index (κ3) is 4.24. The van der Waals surface area contributed by atoms with E-state index in [4.69, 9.17) is 11.6 Å². The van der Waals surface area contributed by atoms with Crippen molar-refractivity contribution in [2.45, 2.75) is 51.2 Å². The maximum Gasteiger partial charge on any atom is 0.235 e. The van der Waals surface area contributed by atoms with Gasteiger partial charge in [0.1, 0.15) is 11.7 Å². The Hall–Kier alpha value is -2.15. The molecule has 0 radical (unpaired) electrons. The van der Waals surface area contributed by atoms with Crippen LogP contribution >= 0.6 is 11.6 Å². The molecule has 2 atom stereocenters. The highest BCUT2D eigenvalue weighted by atomic mass is 35.5. The zero-order valence-electron chi connectivity index (χ0n) is 14.9. The van der Waals surface area contributed by atoms with Gasteiger partial charge in [-0.2, -0.15) is 0 Å². The monoisotopic (exact) mass is 395 g/mol. The fraction of sp³-hybridized carbons (Fsp3) is 0.526. The predicted octanol–water partition coefficient (Wildman–Crippen LogP) is 1.75. The molecule has 2 aliphatic rings. The zero-order chi connectivity index (χ0) is 19.4. The van der Waals surface area contributed by atoms with Crippen molar-refractivity contribution in [3.8, 4) is 0 Å². The Bertz CT molecular complexity index is 758. The van der Waals surface area contributed by atoms with Gasteiger partial charge in [-0.15, -0.1) is 11.6 Å². The lowest BCUT2D eigenvalue weighted by atomic mass is 9.70. The predicted molar refractivity (Wildman–Crippen MR) is 98.3 cm³/mol. The quantitative estimate of drug-likeness (QED) is 0.641. The number of carbonyl (C=O) groups excluding carboxylic acids is 3. The third-order valence-electron chi connectivity index (χ3n) is 5.46. The van der Waals surface area contributed by atoms with Crippen LogP contribution in [-0.4, -0.2) is 29.6 Å². The van der Waals surface area contributed by atoms with E-state index in [9.17, 15) is 18.8 Å². The van der Waals surface area contributed by atoms with Crippen molar-refractivity contribution in [2.75, 3.05) is 5.88 Å². The molecule has 3 amide bonds. The average molecular weight is 396 g/mol. The minimum Gasteiger partial charge on any atom is -0.352 e. The number of hydrogen-bond donors (Lipinski definition) is 3. The van der Waals surface area contributed by atoms with Gasteiger partial charge in [-0.25, -0.2) is 4.39 Å². The van der Waals surface area contributed by atoms with E-state index in [2.05, 4.69) is 16.0 Å². The molecule has 0 unspecified atom stereocenters. The van der Waals surface area contributed by atoms with E-state index in [1.807, 2.05) is 0 Å². The van der Waals surface area contributed by atoms with E-state index in [1.165, 1.54) is 6.07 Å². The molecule has 3 N–H and O–H groups in total. The molecular weight excluding hydrogens is 373 g/mol. The van der Waals surface area contributed by atoms with E-state index in [0.29, 0.717) is 17.5 Å². The van der Waals surface area contributed by atoms with Crippen molar-refractivity contribution >= 4 is 29.3 Å². The summed E-state index contributed by atoms with van der Waals surface area (Å²) < 4.78 is 14.3. The Kier molecular flexibility index (Phi) is 5.99. The molecule has 1 aromatic rings. The van der Waals surface area contributed by atoms with Crippen LogP contribution in [0, 0.1) is 11.2 Å². The molecule has 0 spiro atoms. The molecule has 3 rings (SSSR count). The summed E-state index contributed by atoms with van der Waals surface area (Å²) in [5.74, 6) is -1.21. The van der Waals surface area contributed by atoms with Crippen LogP contribution in [0.3, 0.4) is 0 Å². The molecule has 1 heterocycles. The normalized spacial score (nSPS) is 24.1. The van der Waals surface area contributed by atoms with Crippen molar-refractivity contribution < 1.29 is 18.8 Å². The van der Waals surface area contributed by atoms with Gasteiger partial charge < -0.3 is 16.0 Å². The van der Waals surface area contributed by atoms with Gasteiger partial charge in [0, 0.05) is 31.1 Å².